The number of benzene rings is 1. The number of alkyl halides is 3. The number of ether oxygens (including phenoxy) is 1. The minimum absolute atomic E-state index is 0.0751. The average molecular weight is 441 g/mol. The number of aromatic nitrogens is 2. The molecule has 1 aromatic heterocycles. The predicted octanol–water partition coefficient (Wildman–Crippen LogP) is 2.44. The number of sulfonamides is 1. The number of piperidine rings is 1. The van der Waals surface area contributed by atoms with Gasteiger partial charge in [-0.25, -0.2) is 23.1 Å². The molecule has 0 spiro atoms. The maximum atomic E-state index is 12.4. The molecule has 1 aliphatic heterocycles. The number of anilines is 1. The summed E-state index contributed by atoms with van der Waals surface area (Å²) in [5.74, 6) is 0.0980. The van der Waals surface area contributed by atoms with Gasteiger partial charge in [-0.15, -0.1) is 13.2 Å². The maximum Gasteiger partial charge on any atom is 0.573 e. The van der Waals surface area contributed by atoms with Crippen LogP contribution in [0.5, 0.6) is 5.75 Å². The highest BCUT2D eigenvalue weighted by Crippen LogP contribution is 2.25. The van der Waals surface area contributed by atoms with Crippen molar-refractivity contribution in [3.05, 3.63) is 42.4 Å². The van der Waals surface area contributed by atoms with E-state index in [0.29, 0.717) is 31.7 Å². The van der Waals surface area contributed by atoms with Gasteiger partial charge in [0.2, 0.25) is 10.0 Å². The van der Waals surface area contributed by atoms with Gasteiger partial charge < -0.3 is 9.64 Å². The third kappa shape index (κ3) is 5.58. The van der Waals surface area contributed by atoms with Crippen LogP contribution in [0.4, 0.5) is 19.0 Å². The molecule has 1 aliphatic rings. The van der Waals surface area contributed by atoms with Gasteiger partial charge in [0.1, 0.15) is 11.8 Å². The van der Waals surface area contributed by atoms with Gasteiger partial charge in [0.05, 0.1) is 4.90 Å². The van der Waals surface area contributed by atoms with Gasteiger partial charge in [-0.3, -0.25) is 0 Å². The van der Waals surface area contributed by atoms with Crippen molar-refractivity contribution < 1.29 is 26.3 Å². The van der Waals surface area contributed by atoms with E-state index in [9.17, 15) is 21.6 Å². The van der Waals surface area contributed by atoms with E-state index >= 15 is 0 Å². The Morgan fingerprint density at radius 2 is 1.80 bits per heavy atom. The van der Waals surface area contributed by atoms with Gasteiger partial charge in [-0.1, -0.05) is 0 Å². The molecule has 0 amide bonds. The van der Waals surface area contributed by atoms with Crippen molar-refractivity contribution >= 4 is 15.8 Å². The zero-order valence-electron chi connectivity index (χ0n) is 15.6. The molecule has 3 rings (SSSR count). The molecule has 0 saturated carbocycles. The fourth-order valence-electron chi connectivity index (χ4n) is 3.12. The van der Waals surface area contributed by atoms with Crippen LogP contribution in [0.25, 0.3) is 0 Å². The molecule has 2 heterocycles. The van der Waals surface area contributed by atoms with Crippen LogP contribution in [0.1, 0.15) is 18.5 Å². The lowest BCUT2D eigenvalue weighted by atomic mass is 9.97. The van der Waals surface area contributed by atoms with E-state index in [-0.39, 0.29) is 23.1 Å². The standard InChI is InChI=1S/C18H18F3N5O3S/c19-18(20,21)29-14-1-3-15(4-2-14)30(27,28)25-12-13-5-9-26(10-6-13)17-16(11-22)23-7-8-24-17/h1-4,7-8,13,25H,5-6,9-10,12H2. The molecule has 1 aromatic carbocycles. The smallest absolute Gasteiger partial charge is 0.406 e. The summed E-state index contributed by atoms with van der Waals surface area (Å²) in [5.41, 5.74) is 0.245. The van der Waals surface area contributed by atoms with Crippen LogP contribution in [0.2, 0.25) is 0 Å². The topological polar surface area (TPSA) is 108 Å². The summed E-state index contributed by atoms with van der Waals surface area (Å²) >= 11 is 0. The Kier molecular flexibility index (Phi) is 6.42. The monoisotopic (exact) mass is 441 g/mol. The highest BCUT2D eigenvalue weighted by molar-refractivity contribution is 7.89. The minimum atomic E-state index is -4.84. The van der Waals surface area contributed by atoms with E-state index < -0.39 is 22.1 Å². The Balaban J connectivity index is 1.54. The van der Waals surface area contributed by atoms with Crippen molar-refractivity contribution in [2.45, 2.75) is 24.1 Å². The number of hydrogen-bond donors (Lipinski definition) is 1. The van der Waals surface area contributed by atoms with Crippen LogP contribution < -0.4 is 14.4 Å². The van der Waals surface area contributed by atoms with Crippen LogP contribution in [0.3, 0.4) is 0 Å². The zero-order valence-corrected chi connectivity index (χ0v) is 16.4. The predicted molar refractivity (Wildman–Crippen MR) is 100.0 cm³/mol. The first-order chi connectivity index (χ1) is 14.2. The molecule has 1 fully saturated rings. The lowest BCUT2D eigenvalue weighted by Gasteiger charge is -2.32. The number of nitriles is 1. The molecule has 0 atom stereocenters. The normalized spacial score (nSPS) is 15.6. The van der Waals surface area contributed by atoms with E-state index in [1.165, 1.54) is 12.4 Å². The second-order valence-electron chi connectivity index (χ2n) is 6.64. The Labute approximate surface area is 171 Å². The Morgan fingerprint density at radius 3 is 2.40 bits per heavy atom. The lowest BCUT2D eigenvalue weighted by Crippen LogP contribution is -2.39. The summed E-state index contributed by atoms with van der Waals surface area (Å²) in [7, 11) is -3.86. The van der Waals surface area contributed by atoms with Crippen LogP contribution in [0.15, 0.2) is 41.6 Å². The summed E-state index contributed by atoms with van der Waals surface area (Å²) < 4.78 is 67.6. The highest BCUT2D eigenvalue weighted by atomic mass is 32.2. The van der Waals surface area contributed by atoms with Gasteiger partial charge in [0.25, 0.3) is 0 Å². The first-order valence-electron chi connectivity index (χ1n) is 8.99. The summed E-state index contributed by atoms with van der Waals surface area (Å²) in [6.45, 7) is 1.40. The van der Waals surface area contributed by atoms with Crippen molar-refractivity contribution in [3.8, 4) is 11.8 Å². The van der Waals surface area contributed by atoms with Crippen LogP contribution in [0, 0.1) is 17.2 Å². The molecule has 0 aliphatic carbocycles. The average Bonchev–Trinajstić information content (AvgIpc) is 2.72. The largest absolute Gasteiger partial charge is 0.573 e. The van der Waals surface area contributed by atoms with Gasteiger partial charge in [-0.05, 0) is 43.0 Å². The van der Waals surface area contributed by atoms with Gasteiger partial charge in [0.15, 0.2) is 11.5 Å². The minimum Gasteiger partial charge on any atom is -0.406 e. The van der Waals surface area contributed by atoms with E-state index in [0.717, 1.165) is 24.3 Å². The zero-order chi connectivity index (χ0) is 21.8. The van der Waals surface area contributed by atoms with Gasteiger partial charge in [0, 0.05) is 32.0 Å². The number of rotatable bonds is 6. The van der Waals surface area contributed by atoms with Crippen molar-refractivity contribution in [1.29, 1.82) is 5.26 Å². The van der Waals surface area contributed by atoms with Crippen LogP contribution in [-0.4, -0.2) is 44.4 Å². The van der Waals surface area contributed by atoms with Crippen molar-refractivity contribution in [2.75, 3.05) is 24.5 Å². The molecule has 1 saturated heterocycles. The Bertz CT molecular complexity index is 1010. The van der Waals surface area contributed by atoms with E-state index in [1.807, 2.05) is 11.0 Å². The van der Waals surface area contributed by atoms with E-state index in [1.54, 1.807) is 0 Å². The number of nitrogens with zero attached hydrogens (tertiary/aromatic N) is 4. The van der Waals surface area contributed by atoms with Gasteiger partial charge in [-0.2, -0.15) is 5.26 Å². The molecule has 160 valence electrons. The molecule has 1 N–H and O–H groups in total. The summed E-state index contributed by atoms with van der Waals surface area (Å²) in [6, 6.07) is 6.03. The second kappa shape index (κ2) is 8.85. The fourth-order valence-corrected chi connectivity index (χ4v) is 4.24. The molecule has 8 nitrogen and oxygen atoms in total. The molecule has 30 heavy (non-hydrogen) atoms. The maximum absolute atomic E-state index is 12.4. The molecule has 0 bridgehead atoms. The molecular formula is C18H18F3N5O3S. The summed E-state index contributed by atoms with van der Waals surface area (Å²) in [4.78, 5) is 9.99. The first kappa shape index (κ1) is 21.8. The molecule has 0 radical (unpaired) electrons. The van der Waals surface area contributed by atoms with Crippen molar-refractivity contribution in [2.24, 2.45) is 5.92 Å². The quantitative estimate of drug-likeness (QED) is 0.734. The third-order valence-corrected chi connectivity index (χ3v) is 6.07. The highest BCUT2D eigenvalue weighted by Gasteiger charge is 2.31. The lowest BCUT2D eigenvalue weighted by molar-refractivity contribution is -0.274. The number of nitrogens with one attached hydrogen (secondary N) is 1. The number of hydrogen-bond acceptors (Lipinski definition) is 7. The SMILES string of the molecule is N#Cc1nccnc1N1CCC(CNS(=O)(=O)c2ccc(OC(F)(F)F)cc2)CC1. The van der Waals surface area contributed by atoms with Crippen molar-refractivity contribution in [1.82, 2.24) is 14.7 Å². The molecule has 12 heteroatoms. The second-order valence-corrected chi connectivity index (χ2v) is 8.41. The Hall–Kier alpha value is -2.91. The van der Waals surface area contributed by atoms with E-state index in [4.69, 9.17) is 5.26 Å². The third-order valence-electron chi connectivity index (χ3n) is 4.63. The Morgan fingerprint density at radius 1 is 1.17 bits per heavy atom. The summed E-state index contributed by atoms with van der Waals surface area (Å²) in [5, 5.41) is 9.14. The fraction of sp³-hybridized carbons (Fsp3) is 0.389. The van der Waals surface area contributed by atoms with Crippen LogP contribution >= 0.6 is 0 Å². The van der Waals surface area contributed by atoms with E-state index in [2.05, 4.69) is 19.4 Å². The summed E-state index contributed by atoms with van der Waals surface area (Å²) in [6.07, 6.45) is -0.510. The number of halogens is 3. The van der Waals surface area contributed by atoms with Crippen LogP contribution in [-0.2, 0) is 10.0 Å². The van der Waals surface area contributed by atoms with Gasteiger partial charge >= 0.3 is 6.36 Å². The van der Waals surface area contributed by atoms with Crippen molar-refractivity contribution in [3.63, 3.8) is 0 Å². The first-order valence-corrected chi connectivity index (χ1v) is 10.5. The molecule has 0 unspecified atom stereocenters. The molecular weight excluding hydrogens is 423 g/mol. The molecule has 2 aromatic rings.